The number of H-pyrrole nitrogens is 1. The van der Waals surface area contributed by atoms with Crippen molar-refractivity contribution < 1.29 is 9.53 Å². The van der Waals surface area contributed by atoms with Crippen molar-refractivity contribution in [1.82, 2.24) is 9.88 Å². The van der Waals surface area contributed by atoms with E-state index in [4.69, 9.17) is 4.74 Å². The van der Waals surface area contributed by atoms with Crippen LogP contribution in [0.1, 0.15) is 30.4 Å². The molecule has 0 aliphatic carbocycles. The quantitative estimate of drug-likeness (QED) is 0.654. The van der Waals surface area contributed by atoms with E-state index in [2.05, 4.69) is 28.2 Å². The molecule has 0 radical (unpaired) electrons. The number of benzene rings is 2. The monoisotopic (exact) mass is 365 g/mol. The van der Waals surface area contributed by atoms with E-state index in [0.717, 1.165) is 23.2 Å². The van der Waals surface area contributed by atoms with Gasteiger partial charge in [-0.05, 0) is 49.3 Å². The lowest BCUT2D eigenvalue weighted by molar-refractivity contribution is -0.116. The number of hydrogen-bond donors (Lipinski definition) is 2. The summed E-state index contributed by atoms with van der Waals surface area (Å²) in [6.07, 6.45) is 2.41. The number of carbonyl (C=O) groups is 1. The summed E-state index contributed by atoms with van der Waals surface area (Å²) < 4.78 is 5.41. The summed E-state index contributed by atoms with van der Waals surface area (Å²) >= 11 is 0. The Labute approximate surface area is 160 Å². The number of rotatable bonds is 7. The van der Waals surface area contributed by atoms with E-state index in [1.165, 1.54) is 5.39 Å². The molecule has 0 saturated carbocycles. The van der Waals surface area contributed by atoms with E-state index in [0.29, 0.717) is 17.9 Å². The van der Waals surface area contributed by atoms with E-state index in [1.54, 1.807) is 7.11 Å². The van der Waals surface area contributed by atoms with Gasteiger partial charge in [0.25, 0.3) is 0 Å². The van der Waals surface area contributed by atoms with Crippen molar-refractivity contribution in [2.75, 3.05) is 26.5 Å². The molecule has 0 saturated heterocycles. The highest BCUT2D eigenvalue weighted by molar-refractivity contribution is 5.93. The summed E-state index contributed by atoms with van der Waals surface area (Å²) in [5.41, 5.74) is 4.10. The number of anilines is 1. The smallest absolute Gasteiger partial charge is 0.225 e. The molecule has 1 aromatic heterocycles. The van der Waals surface area contributed by atoms with Crippen LogP contribution in [0.2, 0.25) is 0 Å². The molecular weight excluding hydrogens is 338 g/mol. The first-order valence-corrected chi connectivity index (χ1v) is 9.15. The fourth-order valence-electron chi connectivity index (χ4n) is 3.41. The minimum absolute atomic E-state index is 0.0203. The van der Waals surface area contributed by atoms with Crippen LogP contribution in [0.25, 0.3) is 10.9 Å². The zero-order valence-corrected chi connectivity index (χ0v) is 16.4. The summed E-state index contributed by atoms with van der Waals surface area (Å²) in [5.74, 6) is 0.760. The first-order chi connectivity index (χ1) is 13.0. The van der Waals surface area contributed by atoms with Gasteiger partial charge in [-0.15, -0.1) is 0 Å². The number of amides is 1. The molecule has 0 fully saturated rings. The van der Waals surface area contributed by atoms with Crippen LogP contribution in [-0.4, -0.2) is 37.0 Å². The summed E-state index contributed by atoms with van der Waals surface area (Å²) in [4.78, 5) is 18.0. The minimum atomic E-state index is -0.0203. The van der Waals surface area contributed by atoms with Gasteiger partial charge in [0.2, 0.25) is 5.91 Å². The van der Waals surface area contributed by atoms with Crippen LogP contribution in [0.15, 0.2) is 48.7 Å². The van der Waals surface area contributed by atoms with Gasteiger partial charge in [0.15, 0.2) is 0 Å². The standard InChI is InChI=1S/C22H27N3O2/c1-15(18-13-23-19-8-6-5-7-17(18)19)11-22(26)24-20-12-16(14-25(2)3)9-10-21(20)27-4/h5-10,12-13,15,23H,11,14H2,1-4H3,(H,24,26)/t15-/m1/s1. The van der Waals surface area contributed by atoms with Gasteiger partial charge in [-0.1, -0.05) is 31.2 Å². The molecule has 0 aliphatic rings. The van der Waals surface area contributed by atoms with Gasteiger partial charge in [0.1, 0.15) is 5.75 Å². The molecule has 0 unspecified atom stereocenters. The average Bonchev–Trinajstić information content (AvgIpc) is 3.05. The lowest BCUT2D eigenvalue weighted by Crippen LogP contribution is -2.16. The van der Waals surface area contributed by atoms with E-state index < -0.39 is 0 Å². The third-order valence-corrected chi connectivity index (χ3v) is 4.68. The van der Waals surface area contributed by atoms with Crippen molar-refractivity contribution in [3.63, 3.8) is 0 Å². The highest BCUT2D eigenvalue weighted by atomic mass is 16.5. The molecule has 142 valence electrons. The topological polar surface area (TPSA) is 57.4 Å². The van der Waals surface area contributed by atoms with E-state index in [9.17, 15) is 4.79 Å². The summed E-state index contributed by atoms with van der Waals surface area (Å²) in [6.45, 7) is 2.88. The maximum absolute atomic E-state index is 12.7. The number of aromatic amines is 1. The zero-order valence-electron chi connectivity index (χ0n) is 16.4. The molecule has 0 bridgehead atoms. The number of aromatic nitrogens is 1. The van der Waals surface area contributed by atoms with Crippen molar-refractivity contribution in [3.05, 3.63) is 59.8 Å². The van der Waals surface area contributed by atoms with Crippen molar-refractivity contribution in [2.24, 2.45) is 0 Å². The number of ether oxygens (including phenoxy) is 1. The summed E-state index contributed by atoms with van der Waals surface area (Å²) in [5, 5.41) is 4.19. The maximum Gasteiger partial charge on any atom is 0.225 e. The molecule has 3 aromatic rings. The molecule has 1 amide bonds. The molecule has 5 heteroatoms. The Morgan fingerprint density at radius 3 is 2.74 bits per heavy atom. The van der Waals surface area contributed by atoms with Gasteiger partial charge < -0.3 is 19.9 Å². The fourth-order valence-corrected chi connectivity index (χ4v) is 3.41. The van der Waals surface area contributed by atoms with Crippen molar-refractivity contribution in [3.8, 4) is 5.75 Å². The van der Waals surface area contributed by atoms with Crippen LogP contribution in [0.4, 0.5) is 5.69 Å². The second-order valence-corrected chi connectivity index (χ2v) is 7.22. The lowest BCUT2D eigenvalue weighted by atomic mass is 9.97. The highest BCUT2D eigenvalue weighted by Gasteiger charge is 2.16. The number of hydrogen-bond acceptors (Lipinski definition) is 3. The van der Waals surface area contributed by atoms with Crippen LogP contribution < -0.4 is 10.1 Å². The van der Waals surface area contributed by atoms with Crippen LogP contribution in [0, 0.1) is 0 Å². The number of carbonyl (C=O) groups excluding carboxylic acids is 1. The summed E-state index contributed by atoms with van der Waals surface area (Å²) in [7, 11) is 5.65. The van der Waals surface area contributed by atoms with E-state index >= 15 is 0 Å². The van der Waals surface area contributed by atoms with Gasteiger partial charge in [0, 0.05) is 30.1 Å². The first kappa shape index (κ1) is 19.0. The highest BCUT2D eigenvalue weighted by Crippen LogP contribution is 2.30. The van der Waals surface area contributed by atoms with Gasteiger partial charge in [-0.3, -0.25) is 4.79 Å². The molecule has 2 N–H and O–H groups in total. The number of para-hydroxylation sites is 1. The molecule has 27 heavy (non-hydrogen) atoms. The average molecular weight is 365 g/mol. The summed E-state index contributed by atoms with van der Waals surface area (Å²) in [6, 6.07) is 14.1. The van der Waals surface area contributed by atoms with Crippen LogP contribution in [0.5, 0.6) is 5.75 Å². The number of nitrogens with one attached hydrogen (secondary N) is 2. The number of nitrogens with zero attached hydrogens (tertiary/aromatic N) is 1. The second kappa shape index (κ2) is 8.27. The first-order valence-electron chi connectivity index (χ1n) is 9.15. The van der Waals surface area contributed by atoms with Gasteiger partial charge in [0.05, 0.1) is 12.8 Å². The lowest BCUT2D eigenvalue weighted by Gasteiger charge is -2.16. The Balaban J connectivity index is 1.73. The fraction of sp³-hybridized carbons (Fsp3) is 0.318. The molecule has 0 aliphatic heterocycles. The molecule has 1 atom stereocenters. The molecular formula is C22H27N3O2. The van der Waals surface area contributed by atoms with Gasteiger partial charge in [-0.2, -0.15) is 0 Å². The van der Waals surface area contributed by atoms with Gasteiger partial charge >= 0.3 is 0 Å². The predicted molar refractivity (Wildman–Crippen MR) is 110 cm³/mol. The Bertz CT molecular complexity index is 930. The SMILES string of the molecule is COc1ccc(CN(C)C)cc1NC(=O)C[C@@H](C)c1c[nH]c2ccccc12. The Morgan fingerprint density at radius 2 is 2.00 bits per heavy atom. The third kappa shape index (κ3) is 4.49. The normalized spacial score (nSPS) is 12.3. The third-order valence-electron chi connectivity index (χ3n) is 4.68. The molecule has 0 spiro atoms. The molecule has 2 aromatic carbocycles. The Kier molecular flexibility index (Phi) is 5.81. The van der Waals surface area contributed by atoms with E-state index in [1.807, 2.05) is 56.7 Å². The van der Waals surface area contributed by atoms with Crippen molar-refractivity contribution in [2.45, 2.75) is 25.8 Å². The Hall–Kier alpha value is -2.79. The van der Waals surface area contributed by atoms with Crippen LogP contribution >= 0.6 is 0 Å². The molecule has 1 heterocycles. The maximum atomic E-state index is 12.7. The Morgan fingerprint density at radius 1 is 1.22 bits per heavy atom. The molecule has 3 rings (SSSR count). The number of methoxy groups -OCH3 is 1. The van der Waals surface area contributed by atoms with Crippen molar-refractivity contribution >= 4 is 22.5 Å². The van der Waals surface area contributed by atoms with Crippen LogP contribution in [0.3, 0.4) is 0 Å². The predicted octanol–water partition coefficient (Wildman–Crippen LogP) is 4.37. The van der Waals surface area contributed by atoms with Gasteiger partial charge in [-0.25, -0.2) is 0 Å². The number of fused-ring (bicyclic) bond motifs is 1. The van der Waals surface area contributed by atoms with Crippen LogP contribution in [-0.2, 0) is 11.3 Å². The molecule has 5 nitrogen and oxygen atoms in total. The zero-order chi connectivity index (χ0) is 19.4. The largest absolute Gasteiger partial charge is 0.495 e. The minimum Gasteiger partial charge on any atom is -0.495 e. The van der Waals surface area contributed by atoms with E-state index in [-0.39, 0.29) is 11.8 Å². The van der Waals surface area contributed by atoms with Crippen molar-refractivity contribution in [1.29, 1.82) is 0 Å². The second-order valence-electron chi connectivity index (χ2n) is 7.22.